The van der Waals surface area contributed by atoms with Crippen LogP contribution in [0.4, 0.5) is 5.82 Å². The molecule has 98 valence electrons. The molecular formula is C14H15BrN4. The largest absolute Gasteiger partial charge is 0.384 e. The molecule has 0 saturated carbocycles. The van der Waals surface area contributed by atoms with Crippen molar-refractivity contribution in [3.63, 3.8) is 0 Å². The molecule has 0 bridgehead atoms. The van der Waals surface area contributed by atoms with Crippen molar-refractivity contribution in [3.8, 4) is 0 Å². The number of rotatable bonds is 4. The highest BCUT2D eigenvalue weighted by atomic mass is 79.9. The van der Waals surface area contributed by atoms with Gasteiger partial charge < -0.3 is 10.6 Å². The number of aromatic nitrogens is 1. The van der Waals surface area contributed by atoms with E-state index in [0.717, 1.165) is 16.8 Å². The zero-order chi connectivity index (χ0) is 13.8. The molecule has 0 amide bonds. The Morgan fingerprint density at radius 1 is 1.32 bits per heavy atom. The number of nitrogens with one attached hydrogen (secondary N) is 1. The van der Waals surface area contributed by atoms with Crippen LogP contribution >= 0.6 is 15.9 Å². The molecule has 0 atom stereocenters. The summed E-state index contributed by atoms with van der Waals surface area (Å²) in [5, 5.41) is 7.44. The number of halogens is 1. The minimum Gasteiger partial charge on any atom is -0.384 e. The van der Waals surface area contributed by atoms with Gasteiger partial charge in [-0.05, 0) is 29.8 Å². The Morgan fingerprint density at radius 2 is 2.00 bits per heavy atom. The zero-order valence-electron chi connectivity index (χ0n) is 10.6. The summed E-state index contributed by atoms with van der Waals surface area (Å²) in [7, 11) is 1.97. The lowest BCUT2D eigenvalue weighted by Crippen LogP contribution is -2.19. The average Bonchev–Trinajstić information content (AvgIpc) is 2.41. The normalized spacial score (nSPS) is 10.2. The van der Waals surface area contributed by atoms with Gasteiger partial charge in [0.1, 0.15) is 11.7 Å². The number of benzene rings is 1. The van der Waals surface area contributed by atoms with E-state index < -0.39 is 0 Å². The Balaban J connectivity index is 2.15. The van der Waals surface area contributed by atoms with E-state index in [1.165, 1.54) is 5.56 Å². The zero-order valence-corrected chi connectivity index (χ0v) is 12.2. The Morgan fingerprint density at radius 3 is 2.63 bits per heavy atom. The summed E-state index contributed by atoms with van der Waals surface area (Å²) in [6.45, 7) is 0.752. The molecule has 0 radical (unpaired) electrons. The van der Waals surface area contributed by atoms with E-state index in [9.17, 15) is 0 Å². The molecule has 4 nitrogen and oxygen atoms in total. The first-order valence-electron chi connectivity index (χ1n) is 5.82. The minimum atomic E-state index is 0.0562. The fraction of sp³-hybridized carbons (Fsp3) is 0.143. The van der Waals surface area contributed by atoms with Crippen molar-refractivity contribution in [2.45, 2.75) is 6.54 Å². The van der Waals surface area contributed by atoms with Crippen molar-refractivity contribution in [1.29, 1.82) is 5.41 Å². The van der Waals surface area contributed by atoms with E-state index in [-0.39, 0.29) is 5.84 Å². The minimum absolute atomic E-state index is 0.0562. The highest BCUT2D eigenvalue weighted by Crippen LogP contribution is 2.16. The Bertz CT molecular complexity index is 580. The number of nitrogens with two attached hydrogens (primary N) is 1. The maximum absolute atomic E-state index is 7.44. The molecule has 0 aliphatic heterocycles. The van der Waals surface area contributed by atoms with Gasteiger partial charge in [0.15, 0.2) is 0 Å². The molecule has 1 aromatic heterocycles. The second kappa shape index (κ2) is 5.84. The van der Waals surface area contributed by atoms with Gasteiger partial charge in [-0.2, -0.15) is 0 Å². The molecule has 2 rings (SSSR count). The van der Waals surface area contributed by atoms with Crippen LogP contribution in [0.15, 0.2) is 47.1 Å². The van der Waals surface area contributed by atoms with E-state index in [4.69, 9.17) is 11.1 Å². The molecule has 5 heteroatoms. The van der Waals surface area contributed by atoms with E-state index in [1.807, 2.05) is 30.1 Å². The second-order valence-electron chi connectivity index (χ2n) is 4.30. The topological polar surface area (TPSA) is 66.0 Å². The van der Waals surface area contributed by atoms with Gasteiger partial charge >= 0.3 is 0 Å². The third kappa shape index (κ3) is 3.54. The number of nitrogens with zero attached hydrogens (tertiary/aromatic N) is 2. The molecule has 19 heavy (non-hydrogen) atoms. The van der Waals surface area contributed by atoms with Gasteiger partial charge in [-0.1, -0.05) is 28.1 Å². The molecule has 0 unspecified atom stereocenters. The molecule has 1 aromatic carbocycles. The lowest BCUT2D eigenvalue weighted by molar-refractivity contribution is 0.897. The fourth-order valence-electron chi connectivity index (χ4n) is 1.74. The predicted molar refractivity (Wildman–Crippen MR) is 81.5 cm³/mol. The van der Waals surface area contributed by atoms with E-state index >= 15 is 0 Å². The van der Waals surface area contributed by atoms with E-state index in [2.05, 4.69) is 33.0 Å². The predicted octanol–water partition coefficient (Wildman–Crippen LogP) is 2.76. The Hall–Kier alpha value is -1.88. The Kier molecular flexibility index (Phi) is 4.16. The van der Waals surface area contributed by atoms with Gasteiger partial charge in [-0.3, -0.25) is 5.41 Å². The fourth-order valence-corrected chi connectivity index (χ4v) is 2.00. The van der Waals surface area contributed by atoms with Crippen LogP contribution in [0.25, 0.3) is 0 Å². The van der Waals surface area contributed by atoms with Crippen LogP contribution in [-0.2, 0) is 6.54 Å². The van der Waals surface area contributed by atoms with Crippen molar-refractivity contribution in [3.05, 3.63) is 58.2 Å². The monoisotopic (exact) mass is 318 g/mol. The first kappa shape index (κ1) is 13.5. The Labute approximate surface area is 120 Å². The quantitative estimate of drug-likeness (QED) is 0.673. The summed E-state index contributed by atoms with van der Waals surface area (Å²) in [6, 6.07) is 11.7. The van der Waals surface area contributed by atoms with Crippen molar-refractivity contribution in [2.24, 2.45) is 5.73 Å². The number of pyridine rings is 1. The van der Waals surface area contributed by atoms with Gasteiger partial charge in [-0.25, -0.2) is 4.98 Å². The van der Waals surface area contributed by atoms with E-state index in [0.29, 0.717) is 5.56 Å². The van der Waals surface area contributed by atoms with Crippen LogP contribution in [0.1, 0.15) is 11.1 Å². The smallest absolute Gasteiger partial charge is 0.129 e. The van der Waals surface area contributed by atoms with Gasteiger partial charge in [0.05, 0.1) is 0 Å². The molecule has 3 N–H and O–H groups in total. The number of hydrogen-bond donors (Lipinski definition) is 2. The summed E-state index contributed by atoms with van der Waals surface area (Å²) >= 11 is 3.42. The van der Waals surface area contributed by atoms with Gasteiger partial charge in [0, 0.05) is 29.8 Å². The van der Waals surface area contributed by atoms with Crippen LogP contribution in [0, 0.1) is 5.41 Å². The first-order chi connectivity index (χ1) is 9.06. The molecule has 0 spiro atoms. The van der Waals surface area contributed by atoms with Gasteiger partial charge in [0.2, 0.25) is 0 Å². The molecule has 0 aliphatic carbocycles. The summed E-state index contributed by atoms with van der Waals surface area (Å²) < 4.78 is 1.07. The molecule has 0 aliphatic rings. The molecule has 2 aromatic rings. The van der Waals surface area contributed by atoms with Crippen LogP contribution in [0.3, 0.4) is 0 Å². The van der Waals surface area contributed by atoms with E-state index in [1.54, 1.807) is 12.3 Å². The molecule has 0 fully saturated rings. The average molecular weight is 319 g/mol. The van der Waals surface area contributed by atoms with Gasteiger partial charge in [0.25, 0.3) is 0 Å². The molecule has 1 heterocycles. The van der Waals surface area contributed by atoms with Crippen molar-refractivity contribution in [1.82, 2.24) is 4.98 Å². The second-order valence-corrected chi connectivity index (χ2v) is 5.21. The van der Waals surface area contributed by atoms with Crippen molar-refractivity contribution < 1.29 is 0 Å². The van der Waals surface area contributed by atoms with Crippen molar-refractivity contribution in [2.75, 3.05) is 11.9 Å². The van der Waals surface area contributed by atoms with Crippen LogP contribution in [0.2, 0.25) is 0 Å². The standard InChI is InChI=1S/C14H15BrN4/c1-19(9-10-2-4-12(15)5-3-10)13-8-11(14(16)17)6-7-18-13/h2-8H,9H2,1H3,(H3,16,17). The maximum atomic E-state index is 7.44. The number of amidine groups is 1. The summed E-state index contributed by atoms with van der Waals surface area (Å²) in [6.07, 6.45) is 1.67. The lowest BCUT2D eigenvalue weighted by Gasteiger charge is -2.18. The number of nitrogen functional groups attached to an aromatic ring is 1. The highest BCUT2D eigenvalue weighted by Gasteiger charge is 2.05. The van der Waals surface area contributed by atoms with Crippen LogP contribution in [-0.4, -0.2) is 17.9 Å². The van der Waals surface area contributed by atoms with Gasteiger partial charge in [-0.15, -0.1) is 0 Å². The summed E-state index contributed by atoms with van der Waals surface area (Å²) in [4.78, 5) is 6.32. The summed E-state index contributed by atoms with van der Waals surface area (Å²) in [5.41, 5.74) is 7.37. The molecular weight excluding hydrogens is 304 g/mol. The first-order valence-corrected chi connectivity index (χ1v) is 6.61. The number of anilines is 1. The third-order valence-electron chi connectivity index (χ3n) is 2.78. The lowest BCUT2D eigenvalue weighted by atomic mass is 10.2. The summed E-state index contributed by atoms with van der Waals surface area (Å²) in [5.74, 6) is 0.858. The molecule has 0 saturated heterocycles. The highest BCUT2D eigenvalue weighted by molar-refractivity contribution is 9.10. The maximum Gasteiger partial charge on any atom is 0.129 e. The SMILES string of the molecule is CN(Cc1ccc(Br)cc1)c1cc(C(=N)N)ccn1. The van der Waals surface area contributed by atoms with Crippen molar-refractivity contribution >= 4 is 27.6 Å². The van der Waals surface area contributed by atoms with Crippen LogP contribution in [0.5, 0.6) is 0 Å². The number of hydrogen-bond acceptors (Lipinski definition) is 3. The van der Waals surface area contributed by atoms with Crippen LogP contribution < -0.4 is 10.6 Å². The third-order valence-corrected chi connectivity index (χ3v) is 3.31.